The number of nitrogens with one attached hydrogen (secondary N) is 1. The van der Waals surface area contributed by atoms with Gasteiger partial charge in [-0.15, -0.1) is 10.2 Å². The summed E-state index contributed by atoms with van der Waals surface area (Å²) < 4.78 is 9.41. The van der Waals surface area contributed by atoms with E-state index >= 15 is 0 Å². The van der Waals surface area contributed by atoms with Gasteiger partial charge in [0.1, 0.15) is 5.75 Å². The third-order valence-corrected chi connectivity index (χ3v) is 4.68. The highest BCUT2D eigenvalue weighted by molar-refractivity contribution is 7.99. The number of thioether (sulfide) groups is 1. The number of carbonyl (C=O) groups excluding carboxylic acids is 1. The zero-order chi connectivity index (χ0) is 19.1. The smallest absolute Gasteiger partial charge is 0.234 e. The average molecular weight is 385 g/mol. The van der Waals surface area contributed by atoms with Crippen molar-refractivity contribution in [1.29, 1.82) is 0 Å². The summed E-state index contributed by atoms with van der Waals surface area (Å²) in [6.07, 6.45) is 5.66. The lowest BCUT2D eigenvalue weighted by Gasteiger charge is -2.12. The van der Waals surface area contributed by atoms with Crippen molar-refractivity contribution in [2.24, 2.45) is 0 Å². The first-order valence-electron chi connectivity index (χ1n) is 8.95. The van der Waals surface area contributed by atoms with E-state index in [-0.39, 0.29) is 11.7 Å². The van der Waals surface area contributed by atoms with Gasteiger partial charge in [0.25, 0.3) is 0 Å². The normalized spacial score (nSPS) is 10.7. The zero-order valence-electron chi connectivity index (χ0n) is 15.5. The summed E-state index contributed by atoms with van der Waals surface area (Å²) in [6, 6.07) is 11.3. The number of para-hydroxylation sites is 2. The number of nitrogens with zero attached hydrogens (tertiary/aromatic N) is 4. The van der Waals surface area contributed by atoms with Crippen LogP contribution in [-0.2, 0) is 11.2 Å². The van der Waals surface area contributed by atoms with Gasteiger partial charge in [-0.3, -0.25) is 9.47 Å². The fraction of sp³-hybridized carbons (Fsp3) is 0.316. The molecule has 0 aliphatic heterocycles. The number of anilines is 1. The number of rotatable bonds is 9. The molecule has 0 saturated heterocycles. The molecule has 3 aromatic rings. The van der Waals surface area contributed by atoms with Crippen molar-refractivity contribution in [2.75, 3.05) is 17.7 Å². The first-order chi connectivity index (χ1) is 13.2. The molecule has 1 N–H and O–H groups in total. The molecule has 0 unspecified atom stereocenters. The number of aromatic nitrogens is 4. The lowest BCUT2D eigenvalue weighted by atomic mass is 10.3. The van der Waals surface area contributed by atoms with Crippen LogP contribution in [0, 0.1) is 0 Å². The van der Waals surface area contributed by atoms with Crippen LogP contribution in [0.25, 0.3) is 0 Å². The average Bonchev–Trinajstić information content (AvgIpc) is 3.32. The maximum Gasteiger partial charge on any atom is 0.234 e. The highest BCUT2D eigenvalue weighted by Gasteiger charge is 2.15. The Hall–Kier alpha value is -2.74. The molecular weight excluding hydrogens is 362 g/mol. The predicted molar refractivity (Wildman–Crippen MR) is 106 cm³/mol. The first kappa shape index (κ1) is 19.0. The van der Waals surface area contributed by atoms with Crippen LogP contribution >= 0.6 is 11.8 Å². The fourth-order valence-corrected chi connectivity index (χ4v) is 3.38. The van der Waals surface area contributed by atoms with E-state index in [1.807, 2.05) is 65.1 Å². The molecule has 27 heavy (non-hydrogen) atoms. The maximum atomic E-state index is 12.4. The summed E-state index contributed by atoms with van der Waals surface area (Å²) in [4.78, 5) is 12.4. The van der Waals surface area contributed by atoms with Crippen LogP contribution in [-0.4, -0.2) is 37.8 Å². The molecule has 0 radical (unpaired) electrons. The molecule has 0 atom stereocenters. The van der Waals surface area contributed by atoms with Crippen molar-refractivity contribution < 1.29 is 9.53 Å². The highest BCUT2D eigenvalue weighted by Crippen LogP contribution is 2.24. The Balaban J connectivity index is 1.69. The van der Waals surface area contributed by atoms with Gasteiger partial charge >= 0.3 is 0 Å². The zero-order valence-corrected chi connectivity index (χ0v) is 16.3. The SMILES string of the molecule is CCCc1nnc(SCC(=O)Nc2ccccc2OCC)n1-n1cccc1. The lowest BCUT2D eigenvalue weighted by molar-refractivity contribution is -0.113. The van der Waals surface area contributed by atoms with E-state index in [0.717, 1.165) is 18.7 Å². The van der Waals surface area contributed by atoms with E-state index in [9.17, 15) is 4.79 Å². The van der Waals surface area contributed by atoms with Crippen molar-refractivity contribution in [1.82, 2.24) is 19.5 Å². The highest BCUT2D eigenvalue weighted by atomic mass is 32.2. The van der Waals surface area contributed by atoms with E-state index in [2.05, 4.69) is 22.4 Å². The maximum absolute atomic E-state index is 12.4. The molecule has 0 fully saturated rings. The summed E-state index contributed by atoms with van der Waals surface area (Å²) in [7, 11) is 0. The number of hydrogen-bond acceptors (Lipinski definition) is 5. The van der Waals surface area contributed by atoms with Gasteiger partial charge in [0.2, 0.25) is 11.1 Å². The minimum Gasteiger partial charge on any atom is -0.492 e. The van der Waals surface area contributed by atoms with Gasteiger partial charge in [-0.05, 0) is 37.6 Å². The van der Waals surface area contributed by atoms with Gasteiger partial charge in [0, 0.05) is 18.8 Å². The third kappa shape index (κ3) is 4.71. The lowest BCUT2D eigenvalue weighted by Crippen LogP contribution is -2.17. The van der Waals surface area contributed by atoms with Gasteiger partial charge in [-0.25, -0.2) is 4.68 Å². The minimum atomic E-state index is -0.119. The molecule has 0 bridgehead atoms. The molecule has 0 spiro atoms. The Morgan fingerprint density at radius 1 is 1.15 bits per heavy atom. The van der Waals surface area contributed by atoms with Gasteiger partial charge in [-0.2, -0.15) is 0 Å². The van der Waals surface area contributed by atoms with Gasteiger partial charge in [-0.1, -0.05) is 30.8 Å². The van der Waals surface area contributed by atoms with Crippen LogP contribution in [0.2, 0.25) is 0 Å². The largest absolute Gasteiger partial charge is 0.492 e. The summed E-state index contributed by atoms with van der Waals surface area (Å²) in [5, 5.41) is 12.1. The summed E-state index contributed by atoms with van der Waals surface area (Å²) in [5.74, 6) is 1.65. The van der Waals surface area contributed by atoms with Crippen LogP contribution in [0.5, 0.6) is 5.75 Å². The minimum absolute atomic E-state index is 0.119. The molecule has 1 amide bonds. The Bertz CT molecular complexity index is 876. The first-order valence-corrected chi connectivity index (χ1v) is 9.93. The molecule has 0 saturated carbocycles. The van der Waals surface area contributed by atoms with Gasteiger partial charge < -0.3 is 10.1 Å². The van der Waals surface area contributed by atoms with Crippen LogP contribution in [0.3, 0.4) is 0 Å². The van der Waals surface area contributed by atoms with Gasteiger partial charge in [0.15, 0.2) is 5.82 Å². The molecule has 7 nitrogen and oxygen atoms in total. The second-order valence-electron chi connectivity index (χ2n) is 5.79. The molecule has 142 valence electrons. The molecule has 3 rings (SSSR count). The Labute approximate surface area is 162 Å². The van der Waals surface area contributed by atoms with Crippen LogP contribution in [0.1, 0.15) is 26.1 Å². The molecular formula is C19H23N5O2S. The number of aryl methyl sites for hydroxylation is 1. The van der Waals surface area contributed by atoms with Crippen molar-refractivity contribution in [3.05, 3.63) is 54.6 Å². The van der Waals surface area contributed by atoms with Crippen molar-refractivity contribution in [3.63, 3.8) is 0 Å². The van der Waals surface area contributed by atoms with Crippen LogP contribution in [0.4, 0.5) is 5.69 Å². The topological polar surface area (TPSA) is 74.0 Å². The van der Waals surface area contributed by atoms with E-state index in [0.29, 0.717) is 23.2 Å². The second kappa shape index (κ2) is 9.27. The molecule has 8 heteroatoms. The number of hydrogen-bond donors (Lipinski definition) is 1. The van der Waals surface area contributed by atoms with Crippen molar-refractivity contribution in [3.8, 4) is 5.75 Å². The van der Waals surface area contributed by atoms with Crippen LogP contribution < -0.4 is 10.1 Å². The quantitative estimate of drug-likeness (QED) is 0.571. The molecule has 0 aliphatic rings. The van der Waals surface area contributed by atoms with E-state index in [1.165, 1.54) is 11.8 Å². The second-order valence-corrected chi connectivity index (χ2v) is 6.73. The Morgan fingerprint density at radius 2 is 1.93 bits per heavy atom. The number of benzene rings is 1. The molecule has 2 heterocycles. The van der Waals surface area contributed by atoms with Crippen molar-refractivity contribution in [2.45, 2.75) is 31.8 Å². The molecule has 0 aliphatic carbocycles. The summed E-state index contributed by atoms with van der Waals surface area (Å²) in [6.45, 7) is 4.56. The molecule has 1 aromatic carbocycles. The standard InChI is InChI=1S/C19H23N5O2S/c1-3-9-17-21-22-19(24(17)23-12-7-8-13-23)27-14-18(25)20-15-10-5-6-11-16(15)26-4-2/h5-8,10-13H,3-4,9,14H2,1-2H3,(H,20,25). The monoisotopic (exact) mass is 385 g/mol. The number of ether oxygens (including phenoxy) is 1. The van der Waals surface area contributed by atoms with E-state index in [4.69, 9.17) is 4.74 Å². The van der Waals surface area contributed by atoms with E-state index in [1.54, 1.807) is 0 Å². The summed E-state index contributed by atoms with van der Waals surface area (Å²) >= 11 is 1.35. The fourth-order valence-electron chi connectivity index (χ4n) is 2.62. The number of carbonyl (C=O) groups is 1. The third-order valence-electron chi connectivity index (χ3n) is 3.76. The Kier molecular flexibility index (Phi) is 6.54. The predicted octanol–water partition coefficient (Wildman–Crippen LogP) is 3.47. The van der Waals surface area contributed by atoms with Crippen LogP contribution in [0.15, 0.2) is 53.9 Å². The Morgan fingerprint density at radius 3 is 2.67 bits per heavy atom. The van der Waals surface area contributed by atoms with Gasteiger partial charge in [0.05, 0.1) is 18.0 Å². The number of amides is 1. The summed E-state index contributed by atoms with van der Waals surface area (Å²) in [5.41, 5.74) is 0.670. The van der Waals surface area contributed by atoms with E-state index < -0.39 is 0 Å². The van der Waals surface area contributed by atoms with Crippen molar-refractivity contribution >= 4 is 23.4 Å². The molecule has 2 aromatic heterocycles.